The van der Waals surface area contributed by atoms with E-state index in [-0.39, 0.29) is 11.5 Å². The highest BCUT2D eigenvalue weighted by Gasteiger charge is 2.34. The number of methoxy groups -OCH3 is 1. The van der Waals surface area contributed by atoms with Crippen molar-refractivity contribution < 1.29 is 9.53 Å². The van der Waals surface area contributed by atoms with E-state index in [1.165, 1.54) is 20.0 Å². The summed E-state index contributed by atoms with van der Waals surface area (Å²) in [5.74, 6) is -0.345. The normalized spacial score (nSPS) is 18.5. The van der Waals surface area contributed by atoms with Gasteiger partial charge in [-0.25, -0.2) is 9.78 Å². The standard InChI is InChI=1S/C12H18N2O2S/c1-8-9(10(15)16-4)13-11(17-8)14-7-5-6-12(14,2)3/h5-7H2,1-4H3. The first-order valence-corrected chi connectivity index (χ1v) is 6.61. The molecule has 2 heterocycles. The van der Waals surface area contributed by atoms with Crippen molar-refractivity contribution in [2.75, 3.05) is 18.6 Å². The van der Waals surface area contributed by atoms with E-state index < -0.39 is 0 Å². The lowest BCUT2D eigenvalue weighted by Gasteiger charge is -2.31. The van der Waals surface area contributed by atoms with Gasteiger partial charge in [-0.3, -0.25) is 0 Å². The molecular weight excluding hydrogens is 236 g/mol. The summed E-state index contributed by atoms with van der Waals surface area (Å²) in [7, 11) is 1.39. The number of anilines is 1. The van der Waals surface area contributed by atoms with Crippen LogP contribution >= 0.6 is 11.3 Å². The highest BCUT2D eigenvalue weighted by molar-refractivity contribution is 7.15. The first-order valence-electron chi connectivity index (χ1n) is 5.79. The Bertz CT molecular complexity index is 440. The fourth-order valence-electron chi connectivity index (χ4n) is 2.25. The smallest absolute Gasteiger partial charge is 0.357 e. The van der Waals surface area contributed by atoms with E-state index >= 15 is 0 Å². The van der Waals surface area contributed by atoms with E-state index in [2.05, 4.69) is 23.7 Å². The molecule has 17 heavy (non-hydrogen) atoms. The van der Waals surface area contributed by atoms with Crippen LogP contribution < -0.4 is 4.90 Å². The van der Waals surface area contributed by atoms with Crippen LogP contribution in [0, 0.1) is 6.92 Å². The Morgan fingerprint density at radius 2 is 2.24 bits per heavy atom. The zero-order chi connectivity index (χ0) is 12.6. The lowest BCUT2D eigenvalue weighted by Crippen LogP contribution is -2.38. The van der Waals surface area contributed by atoms with Gasteiger partial charge in [0.1, 0.15) is 0 Å². The summed E-state index contributed by atoms with van der Waals surface area (Å²) < 4.78 is 4.73. The van der Waals surface area contributed by atoms with Gasteiger partial charge in [0.15, 0.2) is 10.8 Å². The second kappa shape index (κ2) is 4.29. The van der Waals surface area contributed by atoms with E-state index in [4.69, 9.17) is 4.74 Å². The minimum atomic E-state index is -0.345. The summed E-state index contributed by atoms with van der Waals surface area (Å²) in [6, 6.07) is 0. The molecule has 1 aliphatic rings. The van der Waals surface area contributed by atoms with Gasteiger partial charge < -0.3 is 9.64 Å². The average Bonchev–Trinajstić information content (AvgIpc) is 2.80. The van der Waals surface area contributed by atoms with E-state index in [0.29, 0.717) is 5.69 Å². The number of carbonyl (C=O) groups is 1. The van der Waals surface area contributed by atoms with Gasteiger partial charge >= 0.3 is 5.97 Å². The maximum atomic E-state index is 11.5. The zero-order valence-electron chi connectivity index (χ0n) is 10.7. The molecule has 0 bridgehead atoms. The number of rotatable bonds is 2. The van der Waals surface area contributed by atoms with Crippen LogP contribution in [-0.4, -0.2) is 30.1 Å². The van der Waals surface area contributed by atoms with Gasteiger partial charge in [0, 0.05) is 17.0 Å². The van der Waals surface area contributed by atoms with Gasteiger partial charge in [0.2, 0.25) is 0 Å². The lowest BCUT2D eigenvalue weighted by molar-refractivity contribution is 0.0594. The SMILES string of the molecule is COC(=O)c1nc(N2CCCC2(C)C)sc1C. The Hall–Kier alpha value is -1.10. The Kier molecular flexibility index (Phi) is 3.12. The van der Waals surface area contributed by atoms with Crippen LogP contribution in [0.4, 0.5) is 5.13 Å². The molecule has 0 atom stereocenters. The third kappa shape index (κ3) is 2.16. The number of aryl methyl sites for hydroxylation is 1. The topological polar surface area (TPSA) is 42.4 Å². The first-order chi connectivity index (χ1) is 7.95. The number of esters is 1. The third-order valence-corrected chi connectivity index (χ3v) is 4.29. The summed E-state index contributed by atoms with van der Waals surface area (Å²) in [6.07, 6.45) is 2.35. The van der Waals surface area contributed by atoms with E-state index in [0.717, 1.165) is 16.6 Å². The van der Waals surface area contributed by atoms with Crippen molar-refractivity contribution in [3.8, 4) is 0 Å². The number of hydrogen-bond acceptors (Lipinski definition) is 5. The molecular formula is C12H18N2O2S. The van der Waals surface area contributed by atoms with E-state index in [9.17, 15) is 4.79 Å². The fraction of sp³-hybridized carbons (Fsp3) is 0.667. The number of thiazole rings is 1. The van der Waals surface area contributed by atoms with Crippen molar-refractivity contribution in [1.29, 1.82) is 0 Å². The van der Waals surface area contributed by atoms with Crippen LogP contribution in [-0.2, 0) is 4.74 Å². The molecule has 4 nitrogen and oxygen atoms in total. The van der Waals surface area contributed by atoms with Crippen molar-refractivity contribution in [2.24, 2.45) is 0 Å². The van der Waals surface area contributed by atoms with Gasteiger partial charge in [-0.05, 0) is 33.6 Å². The predicted molar refractivity (Wildman–Crippen MR) is 68.8 cm³/mol. The second-order valence-electron chi connectivity index (χ2n) is 4.96. The van der Waals surface area contributed by atoms with Crippen molar-refractivity contribution in [1.82, 2.24) is 4.98 Å². The van der Waals surface area contributed by atoms with Crippen LogP contribution in [0.3, 0.4) is 0 Å². The minimum absolute atomic E-state index is 0.137. The van der Waals surface area contributed by atoms with Crippen LogP contribution in [0.15, 0.2) is 0 Å². The van der Waals surface area contributed by atoms with Crippen LogP contribution in [0.2, 0.25) is 0 Å². The van der Waals surface area contributed by atoms with Crippen LogP contribution in [0.25, 0.3) is 0 Å². The molecule has 1 fully saturated rings. The van der Waals surface area contributed by atoms with Gasteiger partial charge in [0.05, 0.1) is 7.11 Å². The van der Waals surface area contributed by atoms with Crippen molar-refractivity contribution in [2.45, 2.75) is 39.2 Å². The maximum absolute atomic E-state index is 11.5. The molecule has 1 saturated heterocycles. The first kappa shape index (κ1) is 12.4. The summed E-state index contributed by atoms with van der Waals surface area (Å²) in [4.78, 5) is 19.2. The van der Waals surface area contributed by atoms with Gasteiger partial charge in [-0.1, -0.05) is 0 Å². The summed E-state index contributed by atoms with van der Waals surface area (Å²) in [6.45, 7) is 7.36. The summed E-state index contributed by atoms with van der Waals surface area (Å²) >= 11 is 1.57. The quantitative estimate of drug-likeness (QED) is 0.761. The second-order valence-corrected chi connectivity index (χ2v) is 6.14. The summed E-state index contributed by atoms with van der Waals surface area (Å²) in [5, 5.41) is 0.936. The monoisotopic (exact) mass is 254 g/mol. The molecule has 0 spiro atoms. The molecule has 0 radical (unpaired) electrons. The van der Waals surface area contributed by atoms with Crippen molar-refractivity contribution >= 4 is 22.4 Å². The largest absolute Gasteiger partial charge is 0.464 e. The molecule has 0 aliphatic carbocycles. The highest BCUT2D eigenvalue weighted by Crippen LogP contribution is 2.36. The highest BCUT2D eigenvalue weighted by atomic mass is 32.1. The van der Waals surface area contributed by atoms with Gasteiger partial charge in [-0.15, -0.1) is 11.3 Å². The fourth-order valence-corrected chi connectivity index (χ4v) is 3.33. The average molecular weight is 254 g/mol. The molecule has 0 unspecified atom stereocenters. The Morgan fingerprint density at radius 3 is 2.76 bits per heavy atom. The minimum Gasteiger partial charge on any atom is -0.464 e. The Labute approximate surface area is 106 Å². The molecule has 0 aromatic carbocycles. The lowest BCUT2D eigenvalue weighted by atomic mass is 10.0. The zero-order valence-corrected chi connectivity index (χ0v) is 11.6. The number of nitrogens with zero attached hydrogens (tertiary/aromatic N) is 2. The van der Waals surface area contributed by atoms with E-state index in [1.54, 1.807) is 11.3 Å². The molecule has 94 valence electrons. The molecule has 1 aromatic heterocycles. The number of aromatic nitrogens is 1. The number of hydrogen-bond donors (Lipinski definition) is 0. The number of carbonyl (C=O) groups excluding carboxylic acids is 1. The molecule has 2 rings (SSSR count). The van der Waals surface area contributed by atoms with Gasteiger partial charge in [-0.2, -0.15) is 0 Å². The van der Waals surface area contributed by atoms with Gasteiger partial charge in [0.25, 0.3) is 0 Å². The molecule has 0 amide bonds. The molecule has 0 saturated carbocycles. The predicted octanol–water partition coefficient (Wildman–Crippen LogP) is 2.62. The Morgan fingerprint density at radius 1 is 1.53 bits per heavy atom. The number of ether oxygens (including phenoxy) is 1. The Balaban J connectivity index is 2.32. The molecule has 0 N–H and O–H groups in total. The summed E-state index contributed by atoms with van der Waals surface area (Å²) in [5.41, 5.74) is 0.590. The maximum Gasteiger partial charge on any atom is 0.357 e. The van der Waals surface area contributed by atoms with Crippen molar-refractivity contribution in [3.63, 3.8) is 0 Å². The van der Waals surface area contributed by atoms with Crippen LogP contribution in [0.5, 0.6) is 0 Å². The van der Waals surface area contributed by atoms with Crippen LogP contribution in [0.1, 0.15) is 42.1 Å². The molecule has 5 heteroatoms. The van der Waals surface area contributed by atoms with Crippen molar-refractivity contribution in [3.05, 3.63) is 10.6 Å². The van der Waals surface area contributed by atoms with E-state index in [1.807, 2.05) is 6.92 Å². The molecule has 1 aliphatic heterocycles. The third-order valence-electron chi connectivity index (χ3n) is 3.30. The molecule has 1 aromatic rings.